The lowest BCUT2D eigenvalue weighted by Gasteiger charge is -2.42. The molecule has 0 radical (unpaired) electrons. The summed E-state index contributed by atoms with van der Waals surface area (Å²) < 4.78 is 12.1. The fourth-order valence-electron chi connectivity index (χ4n) is 3.89. The molecule has 1 N–H and O–H groups in total. The molecule has 0 spiro atoms. The van der Waals surface area contributed by atoms with Gasteiger partial charge in [0, 0.05) is 12.6 Å². The van der Waals surface area contributed by atoms with E-state index in [0.717, 1.165) is 5.56 Å². The largest absolute Gasteiger partial charge is 0.464 e. The van der Waals surface area contributed by atoms with E-state index in [-0.39, 0.29) is 37.0 Å². The van der Waals surface area contributed by atoms with Crippen LogP contribution in [0.4, 0.5) is 0 Å². The molecular formula is C24H26N4O5. The summed E-state index contributed by atoms with van der Waals surface area (Å²) >= 11 is 0. The number of amides is 2. The van der Waals surface area contributed by atoms with Crippen molar-refractivity contribution in [1.82, 2.24) is 20.0 Å². The number of hydrogen-bond donors (Lipinski definition) is 1. The lowest BCUT2D eigenvalue weighted by Crippen LogP contribution is -2.63. The molecule has 0 bridgehead atoms. The predicted octanol–water partition coefficient (Wildman–Crippen LogP) is 2.69. The van der Waals surface area contributed by atoms with E-state index in [1.165, 1.54) is 15.6 Å². The van der Waals surface area contributed by atoms with Crippen molar-refractivity contribution in [2.45, 2.75) is 45.9 Å². The Hall–Kier alpha value is -3.88. The molecule has 0 fully saturated rings. The van der Waals surface area contributed by atoms with Crippen LogP contribution in [-0.4, -0.2) is 44.6 Å². The molecule has 3 aromatic rings. The van der Waals surface area contributed by atoms with E-state index in [0.29, 0.717) is 18.1 Å². The second kappa shape index (κ2) is 8.93. The van der Waals surface area contributed by atoms with Crippen molar-refractivity contribution in [3.05, 3.63) is 77.0 Å². The summed E-state index contributed by atoms with van der Waals surface area (Å²) in [6, 6.07) is 14.5. The minimum atomic E-state index is -1.27. The molecule has 1 aliphatic rings. The summed E-state index contributed by atoms with van der Waals surface area (Å²) in [6.45, 7) is 5.88. The van der Waals surface area contributed by atoms with Gasteiger partial charge in [-0.15, -0.1) is 0 Å². The van der Waals surface area contributed by atoms with Crippen LogP contribution in [0.5, 0.6) is 0 Å². The Balaban J connectivity index is 1.66. The molecule has 172 valence electrons. The zero-order chi connectivity index (χ0) is 23.6. The van der Waals surface area contributed by atoms with E-state index in [1.54, 1.807) is 26.0 Å². The quantitative estimate of drug-likeness (QED) is 0.555. The minimum Gasteiger partial charge on any atom is -0.464 e. The van der Waals surface area contributed by atoms with Crippen molar-refractivity contribution in [3.63, 3.8) is 0 Å². The van der Waals surface area contributed by atoms with Crippen LogP contribution in [0.1, 0.15) is 51.9 Å². The maximum absolute atomic E-state index is 13.5. The maximum atomic E-state index is 13.5. The van der Waals surface area contributed by atoms with Gasteiger partial charge in [-0.25, -0.2) is 4.79 Å². The van der Waals surface area contributed by atoms with Gasteiger partial charge in [-0.2, -0.15) is 5.10 Å². The molecule has 9 heteroatoms. The fourth-order valence-corrected chi connectivity index (χ4v) is 3.89. The van der Waals surface area contributed by atoms with Crippen molar-refractivity contribution in [3.8, 4) is 0 Å². The topological polar surface area (TPSA) is 107 Å². The Morgan fingerprint density at radius 1 is 1.21 bits per heavy atom. The number of nitrogens with zero attached hydrogens (tertiary/aromatic N) is 3. The highest BCUT2D eigenvalue weighted by molar-refractivity contribution is 6.01. The first-order valence-corrected chi connectivity index (χ1v) is 10.8. The number of esters is 1. The smallest absolute Gasteiger partial charge is 0.358 e. The molecule has 3 heterocycles. The third-order valence-electron chi connectivity index (χ3n) is 5.68. The number of nitrogens with one attached hydrogen (secondary N) is 1. The Morgan fingerprint density at radius 3 is 2.64 bits per heavy atom. The normalized spacial score (nSPS) is 17.5. The summed E-state index contributed by atoms with van der Waals surface area (Å²) in [5.74, 6) is -0.103. The van der Waals surface area contributed by atoms with Crippen molar-refractivity contribution in [2.75, 3.05) is 6.61 Å². The second-order valence-electron chi connectivity index (χ2n) is 8.14. The number of carbonyl (C=O) groups excluding carboxylic acids is 3. The highest BCUT2D eigenvalue weighted by atomic mass is 16.5. The lowest BCUT2D eigenvalue weighted by atomic mass is 9.94. The van der Waals surface area contributed by atoms with Crippen LogP contribution < -0.4 is 5.32 Å². The summed E-state index contributed by atoms with van der Waals surface area (Å²) in [4.78, 5) is 40.6. The van der Waals surface area contributed by atoms with E-state index in [1.807, 2.05) is 37.3 Å². The van der Waals surface area contributed by atoms with Crippen LogP contribution in [0.25, 0.3) is 0 Å². The van der Waals surface area contributed by atoms with Gasteiger partial charge in [-0.3, -0.25) is 14.3 Å². The van der Waals surface area contributed by atoms with Crippen LogP contribution in [0, 0.1) is 6.92 Å². The van der Waals surface area contributed by atoms with Gasteiger partial charge in [0.25, 0.3) is 5.91 Å². The monoisotopic (exact) mass is 450 g/mol. The van der Waals surface area contributed by atoms with Gasteiger partial charge in [0.05, 0.1) is 19.7 Å². The van der Waals surface area contributed by atoms with Crippen LogP contribution in [0.3, 0.4) is 0 Å². The lowest BCUT2D eigenvalue weighted by molar-refractivity contribution is -0.133. The number of benzene rings is 1. The third kappa shape index (κ3) is 4.39. The number of ether oxygens (including phenoxy) is 1. The van der Waals surface area contributed by atoms with Gasteiger partial charge in [-0.1, -0.05) is 30.3 Å². The van der Waals surface area contributed by atoms with E-state index >= 15 is 0 Å². The molecule has 1 atom stereocenters. The van der Waals surface area contributed by atoms with Crippen molar-refractivity contribution >= 4 is 17.8 Å². The van der Waals surface area contributed by atoms with Gasteiger partial charge < -0.3 is 19.4 Å². The number of fused-ring (bicyclic) bond motifs is 1. The molecule has 1 aromatic carbocycles. The van der Waals surface area contributed by atoms with Gasteiger partial charge >= 0.3 is 5.97 Å². The molecule has 4 rings (SSSR count). The maximum Gasteiger partial charge on any atom is 0.358 e. The standard InChI is InChI=1S/C24H26N4O5/c1-4-32-22(30)19-12-20-21(29)27(14-18-11-10-16(2)33-18)24(3,15-28(20)26-19)23(31)25-13-17-8-6-5-7-9-17/h5-12H,4,13-15H2,1-3H3,(H,25,31). The first-order valence-electron chi connectivity index (χ1n) is 10.8. The van der Waals surface area contributed by atoms with Crippen LogP contribution in [0.15, 0.2) is 52.9 Å². The fraction of sp³-hybridized carbons (Fsp3) is 0.333. The number of carbonyl (C=O) groups is 3. The average Bonchev–Trinajstić information content (AvgIpc) is 3.42. The molecule has 2 amide bonds. The Morgan fingerprint density at radius 2 is 1.97 bits per heavy atom. The zero-order valence-corrected chi connectivity index (χ0v) is 18.8. The summed E-state index contributed by atoms with van der Waals surface area (Å²) in [6.07, 6.45) is 0. The zero-order valence-electron chi connectivity index (χ0n) is 18.8. The van der Waals surface area contributed by atoms with Gasteiger partial charge in [-0.05, 0) is 38.5 Å². The van der Waals surface area contributed by atoms with Crippen molar-refractivity contribution in [2.24, 2.45) is 0 Å². The number of furan rings is 1. The molecule has 2 aromatic heterocycles. The van der Waals surface area contributed by atoms with Crippen molar-refractivity contribution in [1.29, 1.82) is 0 Å². The van der Waals surface area contributed by atoms with Crippen LogP contribution in [0.2, 0.25) is 0 Å². The Kier molecular flexibility index (Phi) is 6.04. The Labute approximate surface area is 191 Å². The number of aromatic nitrogens is 2. The molecule has 0 aliphatic carbocycles. The van der Waals surface area contributed by atoms with Gasteiger partial charge in [0.15, 0.2) is 5.69 Å². The summed E-state index contributed by atoms with van der Waals surface area (Å²) in [7, 11) is 0. The predicted molar refractivity (Wildman–Crippen MR) is 118 cm³/mol. The average molecular weight is 450 g/mol. The van der Waals surface area contributed by atoms with E-state index in [4.69, 9.17) is 9.15 Å². The van der Waals surface area contributed by atoms with E-state index in [2.05, 4.69) is 10.4 Å². The van der Waals surface area contributed by atoms with E-state index in [9.17, 15) is 14.4 Å². The first-order chi connectivity index (χ1) is 15.8. The molecule has 0 saturated heterocycles. The SMILES string of the molecule is CCOC(=O)c1cc2n(n1)CC(C)(C(=O)NCc1ccccc1)N(Cc1ccc(C)o1)C2=O. The van der Waals surface area contributed by atoms with Gasteiger partial charge in [0.2, 0.25) is 5.91 Å². The van der Waals surface area contributed by atoms with Crippen molar-refractivity contribution < 1.29 is 23.5 Å². The molecule has 9 nitrogen and oxygen atoms in total. The first kappa shape index (κ1) is 22.3. The van der Waals surface area contributed by atoms with Crippen LogP contribution >= 0.6 is 0 Å². The Bertz CT molecular complexity index is 1180. The second-order valence-corrected chi connectivity index (χ2v) is 8.14. The molecule has 1 aliphatic heterocycles. The summed E-state index contributed by atoms with van der Waals surface area (Å²) in [5.41, 5.74) is -0.0795. The number of hydrogen-bond acceptors (Lipinski definition) is 6. The van der Waals surface area contributed by atoms with Crippen LogP contribution in [-0.2, 0) is 29.2 Å². The summed E-state index contributed by atoms with van der Waals surface area (Å²) in [5, 5.41) is 7.19. The molecule has 1 unspecified atom stereocenters. The highest BCUT2D eigenvalue weighted by Gasteiger charge is 2.48. The molecule has 0 saturated carbocycles. The molecular weight excluding hydrogens is 424 g/mol. The molecule has 33 heavy (non-hydrogen) atoms. The third-order valence-corrected chi connectivity index (χ3v) is 5.68. The van der Waals surface area contributed by atoms with Gasteiger partial charge in [0.1, 0.15) is 22.8 Å². The highest BCUT2D eigenvalue weighted by Crippen LogP contribution is 2.30. The number of aryl methyl sites for hydroxylation is 1. The van der Waals surface area contributed by atoms with E-state index < -0.39 is 17.4 Å². The number of rotatable bonds is 7. The minimum absolute atomic E-state index is 0.0305.